The Morgan fingerprint density at radius 3 is 2.84 bits per heavy atom. The van der Waals surface area contributed by atoms with Crippen molar-refractivity contribution in [1.29, 1.82) is 0 Å². The maximum atomic E-state index is 13.2. The molecule has 0 bridgehead atoms. The first kappa shape index (κ1) is 16.5. The van der Waals surface area contributed by atoms with Crippen LogP contribution in [-0.4, -0.2) is 48.0 Å². The van der Waals surface area contributed by atoms with E-state index in [0.717, 1.165) is 37.6 Å². The average molecular weight is 356 g/mol. The summed E-state index contributed by atoms with van der Waals surface area (Å²) in [6.45, 7) is 3.06. The van der Waals surface area contributed by atoms with Gasteiger partial charge in [-0.25, -0.2) is 4.98 Å². The van der Waals surface area contributed by atoms with Gasteiger partial charge in [0.1, 0.15) is 6.04 Å². The number of carbonyl (C=O) groups is 1. The summed E-state index contributed by atoms with van der Waals surface area (Å²) in [6.07, 6.45) is 3.77. The summed E-state index contributed by atoms with van der Waals surface area (Å²) >= 11 is 1.61. The third-order valence-electron chi connectivity index (χ3n) is 5.49. The van der Waals surface area contributed by atoms with Crippen LogP contribution in [0.3, 0.4) is 0 Å². The molecule has 4 rings (SSSR count). The van der Waals surface area contributed by atoms with Gasteiger partial charge in [-0.15, -0.1) is 11.3 Å². The summed E-state index contributed by atoms with van der Waals surface area (Å²) in [5.41, 5.74) is 7.31. The minimum Gasteiger partial charge on any atom is -0.340 e. The summed E-state index contributed by atoms with van der Waals surface area (Å²) in [4.78, 5) is 21.8. The number of thiazole rings is 1. The van der Waals surface area contributed by atoms with Crippen LogP contribution in [0.25, 0.3) is 0 Å². The van der Waals surface area contributed by atoms with Gasteiger partial charge in [0, 0.05) is 37.1 Å². The monoisotopic (exact) mass is 356 g/mol. The smallest absolute Gasteiger partial charge is 0.245 e. The Kier molecular flexibility index (Phi) is 4.72. The second-order valence-corrected chi connectivity index (χ2v) is 7.80. The van der Waals surface area contributed by atoms with E-state index >= 15 is 0 Å². The molecule has 2 fully saturated rings. The largest absolute Gasteiger partial charge is 0.340 e. The lowest BCUT2D eigenvalue weighted by atomic mass is 9.89. The van der Waals surface area contributed by atoms with Crippen LogP contribution in [0.15, 0.2) is 41.9 Å². The number of aromatic nitrogens is 1. The Balaban J connectivity index is 1.51. The standard InChI is InChI=1S/C19H24N4OS/c20-11-15-12-22(13-16(15)14-5-2-1-3-6-14)18(24)17-7-4-9-23(17)19-21-8-10-25-19/h1-3,5-6,8,10,15-17H,4,7,9,11-13,20H2/t15-,16+,17?/m1/s1. The average Bonchev–Trinajstić information content (AvgIpc) is 3.41. The van der Waals surface area contributed by atoms with Gasteiger partial charge in [0.05, 0.1) is 0 Å². The van der Waals surface area contributed by atoms with Gasteiger partial charge < -0.3 is 15.5 Å². The lowest BCUT2D eigenvalue weighted by Gasteiger charge is -2.27. The topological polar surface area (TPSA) is 62.5 Å². The lowest BCUT2D eigenvalue weighted by molar-refractivity contribution is -0.131. The zero-order valence-corrected chi connectivity index (χ0v) is 15.1. The number of amides is 1. The van der Waals surface area contributed by atoms with Crippen LogP contribution in [0.5, 0.6) is 0 Å². The normalized spacial score (nSPS) is 26.4. The quantitative estimate of drug-likeness (QED) is 0.913. The van der Waals surface area contributed by atoms with Gasteiger partial charge in [0.25, 0.3) is 0 Å². The van der Waals surface area contributed by atoms with Gasteiger partial charge in [0.15, 0.2) is 5.13 Å². The van der Waals surface area contributed by atoms with E-state index in [1.54, 1.807) is 11.3 Å². The molecular formula is C19H24N4OS. The molecule has 2 N–H and O–H groups in total. The van der Waals surface area contributed by atoms with Crippen molar-refractivity contribution in [3.05, 3.63) is 47.5 Å². The zero-order valence-electron chi connectivity index (χ0n) is 14.3. The molecule has 1 aromatic heterocycles. The fourth-order valence-electron chi connectivity index (χ4n) is 4.19. The SMILES string of the molecule is NC[C@@H]1CN(C(=O)C2CCCN2c2nccs2)C[C@H]1c1ccccc1. The molecule has 5 nitrogen and oxygen atoms in total. The summed E-state index contributed by atoms with van der Waals surface area (Å²) in [6, 6.07) is 10.4. The Hall–Kier alpha value is -1.92. The first-order chi connectivity index (χ1) is 12.3. The van der Waals surface area contributed by atoms with Crippen LogP contribution in [0.1, 0.15) is 24.3 Å². The van der Waals surface area contributed by atoms with E-state index in [1.807, 2.05) is 22.5 Å². The van der Waals surface area contributed by atoms with Gasteiger partial charge in [-0.2, -0.15) is 0 Å². The first-order valence-corrected chi connectivity index (χ1v) is 9.86. The second kappa shape index (κ2) is 7.14. The molecule has 2 aliphatic rings. The first-order valence-electron chi connectivity index (χ1n) is 8.98. The van der Waals surface area contributed by atoms with Crippen molar-refractivity contribution in [1.82, 2.24) is 9.88 Å². The molecule has 1 unspecified atom stereocenters. The highest BCUT2D eigenvalue weighted by molar-refractivity contribution is 7.13. The van der Waals surface area contributed by atoms with Gasteiger partial charge in [-0.3, -0.25) is 4.79 Å². The van der Waals surface area contributed by atoms with Crippen molar-refractivity contribution in [3.63, 3.8) is 0 Å². The number of nitrogens with zero attached hydrogens (tertiary/aromatic N) is 3. The maximum absolute atomic E-state index is 13.2. The minimum absolute atomic E-state index is 0.0703. The van der Waals surface area contributed by atoms with E-state index < -0.39 is 0 Å². The molecule has 0 aliphatic carbocycles. The molecule has 0 saturated carbocycles. The molecule has 1 aromatic carbocycles. The maximum Gasteiger partial charge on any atom is 0.245 e. The number of nitrogens with two attached hydrogens (primary N) is 1. The number of carbonyl (C=O) groups excluding carboxylic acids is 1. The van der Waals surface area contributed by atoms with E-state index in [2.05, 4.69) is 34.1 Å². The van der Waals surface area contributed by atoms with Gasteiger partial charge in [0.2, 0.25) is 5.91 Å². The second-order valence-electron chi connectivity index (χ2n) is 6.92. The van der Waals surface area contributed by atoms with E-state index in [-0.39, 0.29) is 11.9 Å². The number of likely N-dealkylation sites (tertiary alicyclic amines) is 1. The summed E-state index contributed by atoms with van der Waals surface area (Å²) in [5.74, 6) is 0.913. The number of benzene rings is 1. The Morgan fingerprint density at radius 2 is 2.12 bits per heavy atom. The lowest BCUT2D eigenvalue weighted by Crippen LogP contribution is -2.45. The molecule has 1 amide bonds. The third-order valence-corrected chi connectivity index (χ3v) is 6.29. The Bertz CT molecular complexity index is 705. The van der Waals surface area contributed by atoms with Crippen molar-refractivity contribution < 1.29 is 4.79 Å². The fraction of sp³-hybridized carbons (Fsp3) is 0.474. The van der Waals surface area contributed by atoms with Crippen LogP contribution in [0.4, 0.5) is 5.13 Å². The van der Waals surface area contributed by atoms with E-state index in [9.17, 15) is 4.79 Å². The van der Waals surface area contributed by atoms with Crippen LogP contribution in [0.2, 0.25) is 0 Å². The van der Waals surface area contributed by atoms with Crippen molar-refractivity contribution in [2.45, 2.75) is 24.8 Å². The molecule has 2 aliphatic heterocycles. The van der Waals surface area contributed by atoms with Crippen molar-refractivity contribution in [2.24, 2.45) is 11.7 Å². The van der Waals surface area contributed by atoms with Crippen LogP contribution in [-0.2, 0) is 4.79 Å². The highest BCUT2D eigenvalue weighted by Gasteiger charge is 2.41. The van der Waals surface area contributed by atoms with E-state index in [4.69, 9.17) is 5.73 Å². The Labute approximate surface area is 152 Å². The van der Waals surface area contributed by atoms with E-state index in [0.29, 0.717) is 18.4 Å². The molecule has 25 heavy (non-hydrogen) atoms. The number of rotatable bonds is 4. The van der Waals surface area contributed by atoms with Crippen molar-refractivity contribution in [3.8, 4) is 0 Å². The molecule has 6 heteroatoms. The zero-order chi connectivity index (χ0) is 17.2. The fourth-order valence-corrected chi connectivity index (χ4v) is 4.91. The summed E-state index contributed by atoms with van der Waals surface area (Å²) in [7, 11) is 0. The molecule has 0 radical (unpaired) electrons. The number of hydrogen-bond acceptors (Lipinski definition) is 5. The van der Waals surface area contributed by atoms with Crippen molar-refractivity contribution >= 4 is 22.4 Å². The third kappa shape index (κ3) is 3.16. The van der Waals surface area contributed by atoms with Crippen LogP contribution >= 0.6 is 11.3 Å². The minimum atomic E-state index is -0.0703. The molecule has 2 saturated heterocycles. The number of hydrogen-bond donors (Lipinski definition) is 1. The van der Waals surface area contributed by atoms with Crippen LogP contribution < -0.4 is 10.6 Å². The predicted molar refractivity (Wildman–Crippen MR) is 101 cm³/mol. The molecule has 132 valence electrons. The molecule has 0 spiro atoms. The Morgan fingerprint density at radius 1 is 1.28 bits per heavy atom. The summed E-state index contributed by atoms with van der Waals surface area (Å²) < 4.78 is 0. The molecule has 3 atom stereocenters. The van der Waals surface area contributed by atoms with Crippen LogP contribution in [0, 0.1) is 5.92 Å². The van der Waals surface area contributed by atoms with E-state index in [1.165, 1.54) is 5.56 Å². The molecule has 2 aromatic rings. The van der Waals surface area contributed by atoms with Gasteiger partial charge in [-0.05, 0) is 30.9 Å². The highest BCUT2D eigenvalue weighted by atomic mass is 32.1. The predicted octanol–water partition coefficient (Wildman–Crippen LogP) is 2.31. The summed E-state index contributed by atoms with van der Waals surface area (Å²) in [5, 5.41) is 2.94. The highest BCUT2D eigenvalue weighted by Crippen LogP contribution is 2.34. The molecular weight excluding hydrogens is 332 g/mol. The molecule has 3 heterocycles. The van der Waals surface area contributed by atoms with Gasteiger partial charge >= 0.3 is 0 Å². The number of anilines is 1. The van der Waals surface area contributed by atoms with Crippen molar-refractivity contribution in [2.75, 3.05) is 31.1 Å². The van der Waals surface area contributed by atoms with Gasteiger partial charge in [-0.1, -0.05) is 30.3 Å².